The average Bonchev–Trinajstić information content (AvgIpc) is 2.47. The van der Waals surface area contributed by atoms with E-state index in [4.69, 9.17) is 15.2 Å². The zero-order chi connectivity index (χ0) is 15.2. The zero-order valence-corrected chi connectivity index (χ0v) is 12.4. The molecule has 21 heavy (non-hydrogen) atoms. The first-order chi connectivity index (χ1) is 10.1. The number of anilines is 2. The molecule has 1 aliphatic rings. The third-order valence-corrected chi connectivity index (χ3v) is 3.18. The van der Waals surface area contributed by atoms with Crippen molar-refractivity contribution in [2.75, 3.05) is 50.5 Å². The summed E-state index contributed by atoms with van der Waals surface area (Å²) in [5, 5.41) is 0. The normalized spacial score (nSPS) is 15.1. The van der Waals surface area contributed by atoms with Crippen molar-refractivity contribution in [2.45, 2.75) is 13.5 Å². The van der Waals surface area contributed by atoms with E-state index in [1.165, 1.54) is 0 Å². The van der Waals surface area contributed by atoms with Crippen LogP contribution in [0.4, 0.5) is 16.4 Å². The van der Waals surface area contributed by atoms with Crippen LogP contribution in [0.2, 0.25) is 0 Å². The van der Waals surface area contributed by atoms with Crippen LogP contribution in [0.25, 0.3) is 0 Å². The first-order valence-electron chi connectivity index (χ1n) is 6.93. The molecule has 0 aliphatic carbocycles. The Kier molecular flexibility index (Phi) is 5.15. The Labute approximate surface area is 123 Å². The van der Waals surface area contributed by atoms with Gasteiger partial charge < -0.3 is 25.0 Å². The topological polar surface area (TPSA) is 93.8 Å². The predicted molar refractivity (Wildman–Crippen MR) is 78.0 cm³/mol. The lowest BCUT2D eigenvalue weighted by Crippen LogP contribution is -2.49. The minimum absolute atomic E-state index is 0.264. The van der Waals surface area contributed by atoms with Gasteiger partial charge in [0.25, 0.3) is 0 Å². The largest absolute Gasteiger partial charge is 0.450 e. The van der Waals surface area contributed by atoms with Gasteiger partial charge in [-0.15, -0.1) is 0 Å². The number of carbonyl (C=O) groups excluding carboxylic acids is 1. The summed E-state index contributed by atoms with van der Waals surface area (Å²) >= 11 is 0. The summed E-state index contributed by atoms with van der Waals surface area (Å²) in [5.41, 5.74) is 5.79. The lowest BCUT2D eigenvalue weighted by atomic mass is 10.3. The third kappa shape index (κ3) is 3.94. The van der Waals surface area contributed by atoms with E-state index in [-0.39, 0.29) is 6.09 Å². The van der Waals surface area contributed by atoms with Gasteiger partial charge in [0.05, 0.1) is 6.61 Å². The third-order valence-electron chi connectivity index (χ3n) is 3.18. The lowest BCUT2D eigenvalue weighted by Gasteiger charge is -2.34. The fraction of sp³-hybridized carbons (Fsp3) is 0.615. The molecule has 8 nitrogen and oxygen atoms in total. The Morgan fingerprint density at radius 1 is 1.33 bits per heavy atom. The van der Waals surface area contributed by atoms with Crippen molar-refractivity contribution >= 4 is 17.7 Å². The average molecular weight is 295 g/mol. The van der Waals surface area contributed by atoms with Crippen LogP contribution >= 0.6 is 0 Å². The second-order valence-corrected chi connectivity index (χ2v) is 4.67. The van der Waals surface area contributed by atoms with Crippen LogP contribution in [0.1, 0.15) is 12.7 Å². The van der Waals surface area contributed by atoms with Crippen molar-refractivity contribution in [3.8, 4) is 0 Å². The van der Waals surface area contributed by atoms with E-state index < -0.39 is 0 Å². The molecule has 0 atom stereocenters. The number of nitrogens with two attached hydrogens (primary N) is 1. The maximum atomic E-state index is 11.7. The number of nitrogens with zero attached hydrogens (tertiary/aromatic N) is 4. The molecule has 1 amide bonds. The van der Waals surface area contributed by atoms with E-state index >= 15 is 0 Å². The molecule has 116 valence electrons. The van der Waals surface area contributed by atoms with Crippen LogP contribution in [0.3, 0.4) is 0 Å². The smallest absolute Gasteiger partial charge is 0.409 e. The molecule has 1 fully saturated rings. The monoisotopic (exact) mass is 295 g/mol. The number of amides is 1. The summed E-state index contributed by atoms with van der Waals surface area (Å²) in [5.74, 6) is 1.73. The van der Waals surface area contributed by atoms with Crippen molar-refractivity contribution in [3.63, 3.8) is 0 Å². The van der Waals surface area contributed by atoms with Gasteiger partial charge in [-0.05, 0) is 6.92 Å². The highest BCUT2D eigenvalue weighted by molar-refractivity contribution is 5.68. The summed E-state index contributed by atoms with van der Waals surface area (Å²) in [4.78, 5) is 24.0. The molecule has 0 bridgehead atoms. The van der Waals surface area contributed by atoms with Gasteiger partial charge in [-0.3, -0.25) is 0 Å². The molecule has 1 aromatic heterocycles. The highest BCUT2D eigenvalue weighted by Crippen LogP contribution is 2.17. The first-order valence-corrected chi connectivity index (χ1v) is 6.93. The van der Waals surface area contributed by atoms with Gasteiger partial charge >= 0.3 is 6.09 Å². The summed E-state index contributed by atoms with van der Waals surface area (Å²) in [6.07, 6.45) is -0.264. The highest BCUT2D eigenvalue weighted by Gasteiger charge is 2.23. The van der Waals surface area contributed by atoms with Gasteiger partial charge in [-0.1, -0.05) is 0 Å². The quantitative estimate of drug-likeness (QED) is 0.863. The fourth-order valence-electron chi connectivity index (χ4n) is 2.19. The van der Waals surface area contributed by atoms with Crippen LogP contribution in [-0.2, 0) is 16.1 Å². The molecule has 1 aliphatic heterocycles. The van der Waals surface area contributed by atoms with Crippen molar-refractivity contribution in [2.24, 2.45) is 0 Å². The number of aromatic nitrogens is 2. The molecule has 2 N–H and O–H groups in total. The first kappa shape index (κ1) is 15.3. The van der Waals surface area contributed by atoms with Gasteiger partial charge in [0, 0.05) is 39.4 Å². The van der Waals surface area contributed by atoms with E-state index in [0.717, 1.165) is 5.82 Å². The maximum Gasteiger partial charge on any atom is 0.409 e. The van der Waals surface area contributed by atoms with E-state index in [9.17, 15) is 4.79 Å². The van der Waals surface area contributed by atoms with Gasteiger partial charge in [-0.2, -0.15) is 0 Å². The minimum atomic E-state index is -0.264. The van der Waals surface area contributed by atoms with Crippen LogP contribution in [-0.4, -0.2) is 60.9 Å². The molecule has 1 saturated heterocycles. The van der Waals surface area contributed by atoms with Gasteiger partial charge in [0.1, 0.15) is 18.2 Å². The van der Waals surface area contributed by atoms with E-state index in [1.807, 2.05) is 0 Å². The highest BCUT2D eigenvalue weighted by atomic mass is 16.6. The Balaban J connectivity index is 2.00. The summed E-state index contributed by atoms with van der Waals surface area (Å²) < 4.78 is 10.0. The molecule has 0 radical (unpaired) electrons. The molecular formula is C13H21N5O3. The molecule has 0 saturated carbocycles. The molecular weight excluding hydrogens is 274 g/mol. The number of carbonyl (C=O) groups is 1. The number of piperazine rings is 1. The lowest BCUT2D eigenvalue weighted by molar-refractivity contribution is 0.105. The zero-order valence-electron chi connectivity index (χ0n) is 12.4. The number of ether oxygens (including phenoxy) is 2. The maximum absolute atomic E-state index is 11.7. The Hall–Kier alpha value is -2.09. The number of hydrogen-bond donors (Lipinski definition) is 1. The minimum Gasteiger partial charge on any atom is -0.450 e. The van der Waals surface area contributed by atoms with Crippen molar-refractivity contribution in [3.05, 3.63) is 11.9 Å². The number of hydrogen-bond acceptors (Lipinski definition) is 7. The van der Waals surface area contributed by atoms with Crippen LogP contribution in [0.15, 0.2) is 6.07 Å². The van der Waals surface area contributed by atoms with Gasteiger partial charge in [-0.25, -0.2) is 14.8 Å². The van der Waals surface area contributed by atoms with Crippen LogP contribution in [0.5, 0.6) is 0 Å². The SMILES string of the molecule is CCOC(=O)N1CCN(c2cc(N)nc(COC)n2)CC1. The second kappa shape index (κ2) is 7.07. The Bertz CT molecular complexity index is 489. The Morgan fingerprint density at radius 2 is 2.05 bits per heavy atom. The van der Waals surface area contributed by atoms with Gasteiger partial charge in [0.2, 0.25) is 0 Å². The number of rotatable bonds is 4. The summed E-state index contributed by atoms with van der Waals surface area (Å²) in [6, 6.07) is 1.74. The second-order valence-electron chi connectivity index (χ2n) is 4.67. The van der Waals surface area contributed by atoms with E-state index in [0.29, 0.717) is 51.0 Å². The standard InChI is InChI=1S/C13H21N5O3/c1-3-21-13(19)18-6-4-17(5-7-18)12-8-10(14)15-11(16-12)9-20-2/h8H,3-7,9H2,1-2H3,(H2,14,15,16). The molecule has 0 unspecified atom stereocenters. The molecule has 0 aromatic carbocycles. The fourth-order valence-corrected chi connectivity index (χ4v) is 2.19. The molecule has 1 aromatic rings. The van der Waals surface area contributed by atoms with Crippen LogP contribution in [0, 0.1) is 0 Å². The van der Waals surface area contributed by atoms with Gasteiger partial charge in [0.15, 0.2) is 5.82 Å². The number of nitrogen functional groups attached to an aromatic ring is 1. The van der Waals surface area contributed by atoms with Crippen molar-refractivity contribution in [1.82, 2.24) is 14.9 Å². The molecule has 2 heterocycles. The van der Waals surface area contributed by atoms with Crippen molar-refractivity contribution in [1.29, 1.82) is 0 Å². The molecule has 2 rings (SSSR count). The van der Waals surface area contributed by atoms with Crippen LogP contribution < -0.4 is 10.6 Å². The molecule has 8 heteroatoms. The van der Waals surface area contributed by atoms with E-state index in [2.05, 4.69) is 14.9 Å². The molecule has 0 spiro atoms. The summed E-state index contributed by atoms with van der Waals surface area (Å²) in [7, 11) is 1.59. The summed E-state index contributed by atoms with van der Waals surface area (Å²) in [6.45, 7) is 5.08. The number of methoxy groups -OCH3 is 1. The van der Waals surface area contributed by atoms with E-state index in [1.54, 1.807) is 25.0 Å². The van der Waals surface area contributed by atoms with Crippen molar-refractivity contribution < 1.29 is 14.3 Å². The Morgan fingerprint density at radius 3 is 2.67 bits per heavy atom. The predicted octanol–water partition coefficient (Wildman–Crippen LogP) is 0.484.